The van der Waals surface area contributed by atoms with Crippen molar-refractivity contribution in [3.8, 4) is 17.2 Å². The van der Waals surface area contributed by atoms with Gasteiger partial charge >= 0.3 is 0 Å². The standard InChI is InChI=1S/C14H12BrClO3S/c1-17-10-2-5-20-14(10)13(16)8-6-11-12(7-9(8)15)19-4-3-18-11/h2,5-7,13H,3-4H2,1H3. The molecule has 2 aromatic rings. The highest BCUT2D eigenvalue weighted by atomic mass is 79.9. The van der Waals surface area contributed by atoms with Gasteiger partial charge < -0.3 is 14.2 Å². The SMILES string of the molecule is COc1ccsc1C(Cl)c1cc2c(cc1Br)OCCO2. The second-order valence-corrected chi connectivity index (χ2v) is 6.47. The maximum Gasteiger partial charge on any atom is 0.162 e. The average Bonchev–Trinajstić information content (AvgIpc) is 2.94. The number of thiophene rings is 1. The molecule has 6 heteroatoms. The minimum Gasteiger partial charge on any atom is -0.496 e. The van der Waals surface area contributed by atoms with Crippen LogP contribution in [0.1, 0.15) is 15.8 Å². The van der Waals surface area contributed by atoms with Gasteiger partial charge in [-0.05, 0) is 29.1 Å². The van der Waals surface area contributed by atoms with Crippen molar-refractivity contribution in [3.63, 3.8) is 0 Å². The molecule has 0 radical (unpaired) electrons. The van der Waals surface area contributed by atoms with E-state index in [-0.39, 0.29) is 5.38 Å². The van der Waals surface area contributed by atoms with Crippen molar-refractivity contribution in [2.75, 3.05) is 20.3 Å². The normalized spacial score (nSPS) is 14.9. The van der Waals surface area contributed by atoms with Gasteiger partial charge in [-0.2, -0.15) is 0 Å². The molecule has 0 fully saturated rings. The Labute approximate surface area is 134 Å². The summed E-state index contributed by atoms with van der Waals surface area (Å²) in [7, 11) is 1.65. The molecule has 20 heavy (non-hydrogen) atoms. The molecule has 1 aliphatic heterocycles. The number of hydrogen-bond acceptors (Lipinski definition) is 4. The summed E-state index contributed by atoms with van der Waals surface area (Å²) in [6.07, 6.45) is 0. The first-order chi connectivity index (χ1) is 9.70. The minimum atomic E-state index is -0.296. The number of halogens is 2. The van der Waals surface area contributed by atoms with Crippen LogP contribution in [0.3, 0.4) is 0 Å². The fourth-order valence-electron chi connectivity index (χ4n) is 2.08. The Morgan fingerprint density at radius 3 is 2.70 bits per heavy atom. The number of methoxy groups -OCH3 is 1. The van der Waals surface area contributed by atoms with Crippen molar-refractivity contribution < 1.29 is 14.2 Å². The van der Waals surface area contributed by atoms with Crippen LogP contribution in [-0.2, 0) is 0 Å². The van der Waals surface area contributed by atoms with E-state index in [1.54, 1.807) is 18.4 Å². The summed E-state index contributed by atoms with van der Waals surface area (Å²) < 4.78 is 17.4. The van der Waals surface area contributed by atoms with Crippen LogP contribution in [0.25, 0.3) is 0 Å². The van der Waals surface area contributed by atoms with Gasteiger partial charge in [-0.15, -0.1) is 22.9 Å². The average molecular weight is 376 g/mol. The molecule has 0 N–H and O–H groups in total. The second-order valence-electron chi connectivity index (χ2n) is 4.23. The van der Waals surface area contributed by atoms with Crippen LogP contribution in [-0.4, -0.2) is 20.3 Å². The molecule has 106 valence electrons. The fourth-order valence-corrected chi connectivity index (χ4v) is 4.06. The van der Waals surface area contributed by atoms with Gasteiger partial charge in [-0.3, -0.25) is 0 Å². The molecule has 3 rings (SSSR count). The molecular formula is C14H12BrClO3S. The molecule has 3 nitrogen and oxygen atoms in total. The molecule has 1 atom stereocenters. The number of ether oxygens (including phenoxy) is 3. The Morgan fingerprint density at radius 2 is 2.00 bits per heavy atom. The predicted molar refractivity (Wildman–Crippen MR) is 83.7 cm³/mol. The zero-order valence-corrected chi connectivity index (χ0v) is 13.8. The minimum absolute atomic E-state index is 0.296. The number of alkyl halides is 1. The molecular weight excluding hydrogens is 364 g/mol. The predicted octanol–water partition coefficient (Wildman–Crippen LogP) is 4.62. The highest BCUT2D eigenvalue weighted by Gasteiger charge is 2.23. The molecule has 0 saturated heterocycles. The van der Waals surface area contributed by atoms with Crippen LogP contribution in [0.5, 0.6) is 17.2 Å². The highest BCUT2D eigenvalue weighted by molar-refractivity contribution is 9.10. The third-order valence-corrected chi connectivity index (χ3v) is 5.27. The van der Waals surface area contributed by atoms with Gasteiger partial charge in [-0.1, -0.05) is 15.9 Å². The zero-order chi connectivity index (χ0) is 14.1. The lowest BCUT2D eigenvalue weighted by molar-refractivity contribution is 0.171. The van der Waals surface area contributed by atoms with Crippen LogP contribution in [0.15, 0.2) is 28.1 Å². The van der Waals surface area contributed by atoms with Gasteiger partial charge in [0.1, 0.15) is 19.0 Å². The Kier molecular flexibility index (Phi) is 4.10. The van der Waals surface area contributed by atoms with Crippen molar-refractivity contribution in [1.29, 1.82) is 0 Å². The first kappa shape index (κ1) is 14.0. The fraction of sp³-hybridized carbons (Fsp3) is 0.286. The Balaban J connectivity index is 2.01. The summed E-state index contributed by atoms with van der Waals surface area (Å²) in [6, 6.07) is 5.75. The molecule has 0 saturated carbocycles. The van der Waals surface area contributed by atoms with E-state index in [1.807, 2.05) is 23.6 Å². The monoisotopic (exact) mass is 374 g/mol. The highest BCUT2D eigenvalue weighted by Crippen LogP contribution is 2.45. The van der Waals surface area contributed by atoms with Crippen LogP contribution in [0.2, 0.25) is 0 Å². The molecule has 1 aromatic heterocycles. The van der Waals surface area contributed by atoms with E-state index < -0.39 is 0 Å². The van der Waals surface area contributed by atoms with Crippen LogP contribution >= 0.6 is 38.9 Å². The molecule has 1 unspecified atom stereocenters. The molecule has 1 aliphatic rings. The largest absolute Gasteiger partial charge is 0.496 e. The Hall–Kier alpha value is -0.910. The molecule has 1 aromatic carbocycles. The van der Waals surface area contributed by atoms with E-state index in [0.717, 1.165) is 32.2 Å². The van der Waals surface area contributed by atoms with Crippen LogP contribution in [0, 0.1) is 0 Å². The van der Waals surface area contributed by atoms with E-state index in [1.165, 1.54) is 0 Å². The lowest BCUT2D eigenvalue weighted by Gasteiger charge is -2.21. The quantitative estimate of drug-likeness (QED) is 0.733. The maximum atomic E-state index is 6.61. The van der Waals surface area contributed by atoms with Crippen molar-refractivity contribution in [2.24, 2.45) is 0 Å². The van der Waals surface area contributed by atoms with Gasteiger partial charge in [-0.25, -0.2) is 0 Å². The summed E-state index contributed by atoms with van der Waals surface area (Å²) in [5.74, 6) is 2.28. The van der Waals surface area contributed by atoms with Crippen molar-refractivity contribution in [3.05, 3.63) is 38.5 Å². The van der Waals surface area contributed by atoms with Gasteiger partial charge in [0.15, 0.2) is 11.5 Å². The lowest BCUT2D eigenvalue weighted by atomic mass is 10.1. The van der Waals surface area contributed by atoms with Gasteiger partial charge in [0.05, 0.1) is 17.4 Å². The molecule has 0 amide bonds. The number of benzene rings is 1. The molecule has 0 spiro atoms. The van der Waals surface area contributed by atoms with E-state index in [0.29, 0.717) is 13.2 Å². The van der Waals surface area contributed by atoms with Gasteiger partial charge in [0, 0.05) is 4.47 Å². The number of rotatable bonds is 3. The first-order valence-corrected chi connectivity index (χ1v) is 8.16. The summed E-state index contributed by atoms with van der Waals surface area (Å²) in [5, 5.41) is 1.67. The lowest BCUT2D eigenvalue weighted by Crippen LogP contribution is -2.15. The van der Waals surface area contributed by atoms with Gasteiger partial charge in [0.2, 0.25) is 0 Å². The van der Waals surface area contributed by atoms with E-state index in [9.17, 15) is 0 Å². The molecule has 0 bridgehead atoms. The third kappa shape index (κ3) is 2.50. The second kappa shape index (κ2) is 5.84. The Morgan fingerprint density at radius 1 is 1.30 bits per heavy atom. The smallest absolute Gasteiger partial charge is 0.162 e. The van der Waals surface area contributed by atoms with Crippen molar-refractivity contribution >= 4 is 38.9 Å². The van der Waals surface area contributed by atoms with E-state index in [2.05, 4.69) is 15.9 Å². The summed E-state index contributed by atoms with van der Waals surface area (Å²) in [4.78, 5) is 0.978. The number of fused-ring (bicyclic) bond motifs is 1. The maximum absolute atomic E-state index is 6.61. The summed E-state index contributed by atoms with van der Waals surface area (Å²) in [6.45, 7) is 1.13. The van der Waals surface area contributed by atoms with Crippen molar-refractivity contribution in [2.45, 2.75) is 5.38 Å². The van der Waals surface area contributed by atoms with Crippen LogP contribution in [0.4, 0.5) is 0 Å². The summed E-state index contributed by atoms with van der Waals surface area (Å²) >= 11 is 11.7. The first-order valence-electron chi connectivity index (χ1n) is 6.05. The van der Waals surface area contributed by atoms with Crippen molar-refractivity contribution in [1.82, 2.24) is 0 Å². The molecule has 2 heterocycles. The topological polar surface area (TPSA) is 27.7 Å². The van der Waals surface area contributed by atoms with E-state index in [4.69, 9.17) is 25.8 Å². The van der Waals surface area contributed by atoms with Crippen LogP contribution < -0.4 is 14.2 Å². The third-order valence-electron chi connectivity index (χ3n) is 3.04. The molecule has 0 aliphatic carbocycles. The Bertz CT molecular complexity index is 629. The number of hydrogen-bond donors (Lipinski definition) is 0. The summed E-state index contributed by atoms with van der Waals surface area (Å²) in [5.41, 5.74) is 0.941. The zero-order valence-electron chi connectivity index (χ0n) is 10.7. The van der Waals surface area contributed by atoms with E-state index >= 15 is 0 Å². The van der Waals surface area contributed by atoms with Gasteiger partial charge in [0.25, 0.3) is 0 Å².